The van der Waals surface area contributed by atoms with Gasteiger partial charge < -0.3 is 15.2 Å². The van der Waals surface area contributed by atoms with Crippen LogP contribution < -0.4 is 39.6 Å². The Bertz CT molecular complexity index is 1610. The molecular formula is C32H24N3NaO4S. The normalized spacial score (nSPS) is 13.8. The predicted octanol–water partition coefficient (Wildman–Crippen LogP) is 3.59. The first-order chi connectivity index (χ1) is 19.4. The smallest absolute Gasteiger partial charge is 0.488 e. The van der Waals surface area contributed by atoms with Crippen molar-refractivity contribution in [1.82, 2.24) is 5.32 Å². The van der Waals surface area contributed by atoms with Gasteiger partial charge in [0.25, 0.3) is 11.9 Å². The van der Waals surface area contributed by atoms with Crippen LogP contribution in [0.3, 0.4) is 0 Å². The van der Waals surface area contributed by atoms with Crippen molar-refractivity contribution < 1.29 is 49.0 Å². The van der Waals surface area contributed by atoms with Crippen molar-refractivity contribution in [3.05, 3.63) is 125 Å². The number of aliphatic imine (C=N–C) groups is 1. The Morgan fingerprint density at radius 3 is 2.41 bits per heavy atom. The minimum atomic E-state index is -0.833. The summed E-state index contributed by atoms with van der Waals surface area (Å²) in [7, 11) is 0. The maximum absolute atomic E-state index is 12.5. The van der Waals surface area contributed by atoms with E-state index in [9.17, 15) is 10.1 Å². The molecule has 2 N–H and O–H groups in total. The number of benzene rings is 4. The molecule has 0 aliphatic carbocycles. The minimum absolute atomic E-state index is 0. The Hall–Kier alpha value is -4.13. The Morgan fingerprint density at radius 1 is 1.05 bits per heavy atom. The van der Waals surface area contributed by atoms with Gasteiger partial charge in [-0.3, -0.25) is 14.6 Å². The van der Waals surface area contributed by atoms with Crippen LogP contribution in [0.15, 0.2) is 107 Å². The number of nitrogens with one attached hydrogen (secondary N) is 1. The third-order valence-electron chi connectivity index (χ3n) is 5.49. The Labute approximate surface area is 264 Å². The molecule has 1 heterocycles. The molecule has 0 spiro atoms. The number of hydrogen-bond acceptors (Lipinski definition) is 6. The van der Waals surface area contributed by atoms with Gasteiger partial charge in [-0.15, -0.1) is 12.1 Å². The summed E-state index contributed by atoms with van der Waals surface area (Å²) in [6.07, 6.45) is 1.82. The summed E-state index contributed by atoms with van der Waals surface area (Å²) in [5.74, 6) is -0.342. The fourth-order valence-electron chi connectivity index (χ4n) is 3.70. The van der Waals surface area contributed by atoms with Crippen molar-refractivity contribution in [2.45, 2.75) is 13.5 Å². The van der Waals surface area contributed by atoms with Crippen LogP contribution in [0, 0.1) is 17.4 Å². The van der Waals surface area contributed by atoms with E-state index in [1.807, 2.05) is 91.0 Å². The van der Waals surface area contributed by atoms with Gasteiger partial charge in [-0.2, -0.15) is 23.5 Å². The largest absolute Gasteiger partial charge is 1.00 e. The number of carbonyl (C=O) groups is 2. The molecular weight excluding hydrogens is 545 g/mol. The SMILES string of the molecule is CC(=O)O.N#Cc1ccccc1-c1ccc(COc2ccccc2/C=C2/SC(=Nc3cc[c-]cc3)NC2=O)cc1.[Na+]. The molecule has 7 nitrogen and oxygen atoms in total. The zero-order valence-corrected chi connectivity index (χ0v) is 25.3. The summed E-state index contributed by atoms with van der Waals surface area (Å²) in [4.78, 5) is 26.5. The number of amides is 1. The van der Waals surface area contributed by atoms with Gasteiger partial charge >= 0.3 is 29.6 Å². The van der Waals surface area contributed by atoms with Gasteiger partial charge in [-0.25, -0.2) is 0 Å². The van der Waals surface area contributed by atoms with E-state index >= 15 is 0 Å². The molecule has 1 fully saturated rings. The van der Waals surface area contributed by atoms with Crippen LogP contribution in [-0.2, 0) is 16.2 Å². The van der Waals surface area contributed by atoms with Gasteiger partial charge in [-0.05, 0) is 52.3 Å². The maximum Gasteiger partial charge on any atom is 1.00 e. The van der Waals surface area contributed by atoms with Gasteiger partial charge in [0.2, 0.25) is 0 Å². The summed E-state index contributed by atoms with van der Waals surface area (Å²) in [5.41, 5.74) is 5.10. The zero-order valence-electron chi connectivity index (χ0n) is 22.5. The molecule has 0 radical (unpaired) electrons. The molecule has 1 aliphatic heterocycles. The molecule has 0 aromatic heterocycles. The number of para-hydroxylation sites is 1. The van der Waals surface area contributed by atoms with Crippen molar-refractivity contribution in [2.75, 3.05) is 0 Å². The van der Waals surface area contributed by atoms with E-state index in [0.717, 1.165) is 34.9 Å². The van der Waals surface area contributed by atoms with Crippen LogP contribution >= 0.6 is 11.8 Å². The molecule has 9 heteroatoms. The molecule has 0 atom stereocenters. The van der Waals surface area contributed by atoms with Crippen LogP contribution in [0.5, 0.6) is 5.75 Å². The first kappa shape index (κ1) is 31.4. The van der Waals surface area contributed by atoms with E-state index in [-0.39, 0.29) is 35.5 Å². The number of rotatable bonds is 6. The first-order valence-corrected chi connectivity index (χ1v) is 13.0. The molecule has 0 saturated carbocycles. The van der Waals surface area contributed by atoms with Crippen LogP contribution in [0.4, 0.5) is 5.69 Å². The fraction of sp³-hybridized carbons (Fsp3) is 0.0625. The standard InChI is InChI=1S/C30H20N3O2S.C2H4O2.Na/c31-19-24-9-4-6-12-26(24)22-16-14-21(15-17-22)20-35-27-13-7-5-8-23(27)18-28-29(34)33-30(36-28)32-25-10-2-1-3-11-25;1-2(3)4;/h2-18H,20H2,(H,32,33,34);1H3,(H,3,4);/q-1;;+1/b28-18+;;. The minimum Gasteiger partial charge on any atom is -0.488 e. The van der Waals surface area contributed by atoms with E-state index < -0.39 is 5.97 Å². The van der Waals surface area contributed by atoms with E-state index in [0.29, 0.717) is 28.0 Å². The fourth-order valence-corrected chi connectivity index (χ4v) is 4.53. The van der Waals surface area contributed by atoms with Crippen LogP contribution in [0.2, 0.25) is 0 Å². The van der Waals surface area contributed by atoms with E-state index in [1.54, 1.807) is 12.1 Å². The molecule has 0 bridgehead atoms. The van der Waals surface area contributed by atoms with Crippen molar-refractivity contribution >= 4 is 40.6 Å². The Kier molecular flexibility index (Phi) is 11.9. The molecule has 4 aromatic rings. The number of aliphatic carboxylic acids is 1. The van der Waals surface area contributed by atoms with Gasteiger partial charge in [0.1, 0.15) is 12.4 Å². The van der Waals surface area contributed by atoms with Crippen molar-refractivity contribution in [1.29, 1.82) is 5.26 Å². The second-order valence-corrected chi connectivity index (χ2v) is 9.47. The van der Waals surface area contributed by atoms with Crippen LogP contribution in [-0.4, -0.2) is 22.2 Å². The summed E-state index contributed by atoms with van der Waals surface area (Å²) in [6.45, 7) is 1.46. The maximum atomic E-state index is 12.5. The van der Waals surface area contributed by atoms with Crippen molar-refractivity contribution in [2.24, 2.45) is 4.99 Å². The summed E-state index contributed by atoms with van der Waals surface area (Å²) in [6, 6.07) is 35.6. The number of nitrogens with zero attached hydrogens (tertiary/aromatic N) is 2. The number of carbonyl (C=O) groups excluding carboxylic acids is 1. The Morgan fingerprint density at radius 2 is 1.71 bits per heavy atom. The number of thioether (sulfide) groups is 1. The van der Waals surface area contributed by atoms with E-state index in [1.165, 1.54) is 11.8 Å². The zero-order chi connectivity index (χ0) is 28.3. The number of amidine groups is 1. The molecule has 1 saturated heterocycles. The van der Waals surface area contributed by atoms with E-state index in [2.05, 4.69) is 22.4 Å². The number of ether oxygens (including phenoxy) is 1. The van der Waals surface area contributed by atoms with Crippen LogP contribution in [0.25, 0.3) is 17.2 Å². The number of carboxylic acid groups (broad SMARTS) is 1. The number of nitriles is 1. The second-order valence-electron chi connectivity index (χ2n) is 8.44. The van der Waals surface area contributed by atoms with Gasteiger partial charge in [-0.1, -0.05) is 60.7 Å². The summed E-state index contributed by atoms with van der Waals surface area (Å²) >= 11 is 1.30. The van der Waals surface area contributed by atoms with Crippen LogP contribution in [0.1, 0.15) is 23.6 Å². The average Bonchev–Trinajstić information content (AvgIpc) is 3.31. The summed E-state index contributed by atoms with van der Waals surface area (Å²) < 4.78 is 6.11. The molecule has 198 valence electrons. The quantitative estimate of drug-likeness (QED) is 0.209. The molecule has 4 aromatic carbocycles. The molecule has 0 unspecified atom stereocenters. The third kappa shape index (κ3) is 9.20. The van der Waals surface area contributed by atoms with E-state index in [4.69, 9.17) is 14.6 Å². The molecule has 5 rings (SSSR count). The first-order valence-electron chi connectivity index (χ1n) is 12.2. The molecule has 41 heavy (non-hydrogen) atoms. The monoisotopic (exact) mass is 569 g/mol. The van der Waals surface area contributed by atoms with Gasteiger partial charge in [0.05, 0.1) is 16.5 Å². The van der Waals surface area contributed by atoms with Gasteiger partial charge in [0, 0.05) is 12.5 Å². The summed E-state index contributed by atoms with van der Waals surface area (Å²) in [5, 5.41) is 20.1. The Balaban J connectivity index is 0.000000869. The van der Waals surface area contributed by atoms with Crippen molar-refractivity contribution in [3.63, 3.8) is 0 Å². The number of hydrogen-bond donors (Lipinski definition) is 2. The second kappa shape index (κ2) is 15.6. The van der Waals surface area contributed by atoms with Crippen molar-refractivity contribution in [3.8, 4) is 22.9 Å². The number of carboxylic acids is 1. The molecule has 1 amide bonds. The van der Waals surface area contributed by atoms with Gasteiger partial charge in [0.15, 0.2) is 5.17 Å². The third-order valence-corrected chi connectivity index (χ3v) is 6.40. The topological polar surface area (TPSA) is 112 Å². The molecule has 1 aliphatic rings. The average molecular weight is 570 g/mol. The predicted molar refractivity (Wildman–Crippen MR) is 157 cm³/mol.